The molecule has 1 aliphatic heterocycles. The Labute approximate surface area is 182 Å². The fourth-order valence-corrected chi connectivity index (χ4v) is 4.92. The molecule has 2 heterocycles. The average molecular weight is 417 g/mol. The van der Waals surface area contributed by atoms with E-state index in [4.69, 9.17) is 4.74 Å². The zero-order chi connectivity index (χ0) is 21.3. The molecule has 2 fully saturated rings. The summed E-state index contributed by atoms with van der Waals surface area (Å²) in [5.41, 5.74) is 4.41. The molecule has 1 aliphatic carbocycles. The third-order valence-electron chi connectivity index (χ3n) is 6.90. The molecule has 5 rings (SSSR count). The third kappa shape index (κ3) is 3.95. The minimum Gasteiger partial charge on any atom is -0.495 e. The van der Waals surface area contributed by atoms with Crippen molar-refractivity contribution in [1.82, 2.24) is 15.1 Å². The molecule has 0 bridgehead atoms. The Morgan fingerprint density at radius 2 is 1.90 bits per heavy atom. The van der Waals surface area contributed by atoms with Gasteiger partial charge < -0.3 is 10.1 Å². The third-order valence-corrected chi connectivity index (χ3v) is 6.90. The van der Waals surface area contributed by atoms with E-state index in [9.17, 15) is 4.79 Å². The molecule has 1 saturated heterocycles. The molecular formula is C25H28N4O2. The fourth-order valence-electron chi connectivity index (χ4n) is 4.92. The van der Waals surface area contributed by atoms with Crippen LogP contribution in [0.1, 0.15) is 24.8 Å². The molecule has 3 aromatic rings. The lowest BCUT2D eigenvalue weighted by Gasteiger charge is -2.32. The number of piperidine rings is 1. The van der Waals surface area contributed by atoms with E-state index in [2.05, 4.69) is 32.5 Å². The van der Waals surface area contributed by atoms with Crippen LogP contribution in [0.2, 0.25) is 0 Å². The second kappa shape index (κ2) is 8.19. The lowest BCUT2D eigenvalue weighted by Crippen LogP contribution is -2.35. The lowest BCUT2D eigenvalue weighted by atomic mass is 9.90. The molecule has 2 N–H and O–H groups in total. The first kappa shape index (κ1) is 19.8. The lowest BCUT2D eigenvalue weighted by molar-refractivity contribution is -0.118. The van der Waals surface area contributed by atoms with Crippen LogP contribution < -0.4 is 10.1 Å². The minimum absolute atomic E-state index is 0.105. The number of hydrogen-bond acceptors (Lipinski definition) is 4. The molecule has 1 aromatic heterocycles. The van der Waals surface area contributed by atoms with Crippen LogP contribution in [0.15, 0.2) is 60.8 Å². The number of aromatic nitrogens is 2. The Kier molecular flexibility index (Phi) is 5.24. The van der Waals surface area contributed by atoms with Crippen molar-refractivity contribution in [2.75, 3.05) is 25.5 Å². The van der Waals surface area contributed by atoms with E-state index in [1.165, 1.54) is 11.1 Å². The number of methoxy groups -OCH3 is 1. The molecule has 2 aliphatic rings. The summed E-state index contributed by atoms with van der Waals surface area (Å²) in [6, 6.07) is 17.9. The smallest absolute Gasteiger partial charge is 0.228 e. The number of ether oxygens (including phenoxy) is 1. The van der Waals surface area contributed by atoms with Crippen LogP contribution in [0.5, 0.6) is 5.75 Å². The van der Waals surface area contributed by atoms with Crippen molar-refractivity contribution >= 4 is 11.6 Å². The van der Waals surface area contributed by atoms with Gasteiger partial charge in [0, 0.05) is 18.0 Å². The van der Waals surface area contributed by atoms with Crippen molar-refractivity contribution in [2.24, 2.45) is 11.3 Å². The normalized spacial score (nSPS) is 19.8. The maximum Gasteiger partial charge on any atom is 0.228 e. The number of rotatable bonds is 6. The van der Waals surface area contributed by atoms with E-state index in [1.807, 2.05) is 48.7 Å². The van der Waals surface area contributed by atoms with E-state index >= 15 is 0 Å². The first-order valence-electron chi connectivity index (χ1n) is 10.9. The van der Waals surface area contributed by atoms with E-state index < -0.39 is 0 Å². The molecule has 6 heteroatoms. The largest absolute Gasteiger partial charge is 0.495 e. The first-order chi connectivity index (χ1) is 15.2. The van der Waals surface area contributed by atoms with Gasteiger partial charge in [-0.3, -0.25) is 14.8 Å². The average Bonchev–Trinajstić information content (AvgIpc) is 3.31. The summed E-state index contributed by atoms with van der Waals surface area (Å²) in [4.78, 5) is 15.3. The first-order valence-corrected chi connectivity index (χ1v) is 10.9. The van der Waals surface area contributed by atoms with Crippen molar-refractivity contribution in [3.8, 4) is 17.0 Å². The van der Waals surface area contributed by atoms with Gasteiger partial charge in [-0.05, 0) is 55.5 Å². The van der Waals surface area contributed by atoms with Gasteiger partial charge in [0.15, 0.2) is 0 Å². The quantitative estimate of drug-likeness (QED) is 0.628. The Morgan fingerprint density at radius 3 is 2.68 bits per heavy atom. The molecule has 6 nitrogen and oxygen atoms in total. The van der Waals surface area contributed by atoms with Gasteiger partial charge in [-0.1, -0.05) is 42.5 Å². The summed E-state index contributed by atoms with van der Waals surface area (Å²) in [7, 11) is 1.63. The summed E-state index contributed by atoms with van der Waals surface area (Å²) < 4.78 is 5.36. The molecule has 31 heavy (non-hydrogen) atoms. The van der Waals surface area contributed by atoms with Gasteiger partial charge in [-0.2, -0.15) is 5.10 Å². The van der Waals surface area contributed by atoms with Crippen molar-refractivity contribution in [1.29, 1.82) is 0 Å². The summed E-state index contributed by atoms with van der Waals surface area (Å²) in [5.74, 6) is 0.933. The number of carbonyl (C=O) groups is 1. The van der Waals surface area contributed by atoms with Crippen molar-refractivity contribution in [3.63, 3.8) is 0 Å². The highest BCUT2D eigenvalue weighted by Gasteiger charge is 2.58. The number of para-hydroxylation sites is 2. The number of anilines is 1. The Hall–Kier alpha value is -3.12. The second-order valence-corrected chi connectivity index (χ2v) is 8.72. The highest BCUT2D eigenvalue weighted by molar-refractivity contribution is 5.96. The van der Waals surface area contributed by atoms with Gasteiger partial charge in [0.05, 0.1) is 24.7 Å². The minimum atomic E-state index is 0.105. The number of likely N-dealkylation sites (tertiary alicyclic amines) is 1. The van der Waals surface area contributed by atoms with Crippen LogP contribution >= 0.6 is 0 Å². The molecule has 0 unspecified atom stereocenters. The van der Waals surface area contributed by atoms with Gasteiger partial charge in [0.1, 0.15) is 5.75 Å². The highest BCUT2D eigenvalue weighted by atomic mass is 16.5. The van der Waals surface area contributed by atoms with Crippen molar-refractivity contribution < 1.29 is 9.53 Å². The maximum absolute atomic E-state index is 12.9. The molecule has 2 aromatic carbocycles. The molecule has 1 amide bonds. The Bertz CT molecular complexity index is 1050. The van der Waals surface area contributed by atoms with Crippen LogP contribution in [-0.4, -0.2) is 41.2 Å². The van der Waals surface area contributed by atoms with Crippen molar-refractivity contribution in [2.45, 2.75) is 25.8 Å². The summed E-state index contributed by atoms with van der Waals surface area (Å²) >= 11 is 0. The van der Waals surface area contributed by atoms with Crippen LogP contribution in [0.4, 0.5) is 5.69 Å². The monoisotopic (exact) mass is 416 g/mol. The Morgan fingerprint density at radius 1 is 1.16 bits per heavy atom. The van der Waals surface area contributed by atoms with E-state index in [-0.39, 0.29) is 17.2 Å². The zero-order valence-corrected chi connectivity index (χ0v) is 17.8. The number of H-pyrrole nitrogens is 1. The van der Waals surface area contributed by atoms with Gasteiger partial charge in [0.25, 0.3) is 0 Å². The fraction of sp³-hybridized carbons (Fsp3) is 0.360. The number of carbonyl (C=O) groups excluding carboxylic acids is 1. The standard InChI is InChI=1S/C25H28N4O2/c1-31-22-10-6-5-9-21(22)27-24(30)20-15-25(20)11-13-29(14-12-25)17-19-16-26-28-23(19)18-7-3-2-4-8-18/h2-10,16,20H,11-15,17H2,1H3,(H,26,28)(H,27,30)/t20-/m0/s1. The van der Waals surface area contributed by atoms with E-state index in [0.717, 1.165) is 50.3 Å². The number of benzene rings is 2. The van der Waals surface area contributed by atoms with Gasteiger partial charge in [-0.25, -0.2) is 0 Å². The van der Waals surface area contributed by atoms with Crippen LogP contribution in [0, 0.1) is 11.3 Å². The number of hydrogen-bond donors (Lipinski definition) is 2. The molecule has 1 atom stereocenters. The topological polar surface area (TPSA) is 70.2 Å². The van der Waals surface area contributed by atoms with Gasteiger partial charge in [0.2, 0.25) is 5.91 Å². The number of nitrogens with one attached hydrogen (secondary N) is 2. The number of nitrogens with zero attached hydrogens (tertiary/aromatic N) is 2. The van der Waals surface area contributed by atoms with Gasteiger partial charge in [-0.15, -0.1) is 0 Å². The SMILES string of the molecule is COc1ccccc1NC(=O)[C@@H]1CC12CCN(Cc1cn[nH]c1-c1ccccc1)CC2. The zero-order valence-electron chi connectivity index (χ0n) is 17.8. The van der Waals surface area contributed by atoms with Crippen molar-refractivity contribution in [3.05, 3.63) is 66.4 Å². The molecule has 160 valence electrons. The predicted octanol–water partition coefficient (Wildman–Crippen LogP) is 4.33. The number of amides is 1. The summed E-state index contributed by atoms with van der Waals surface area (Å²) in [6.07, 6.45) is 5.06. The summed E-state index contributed by atoms with van der Waals surface area (Å²) in [6.45, 7) is 2.91. The van der Waals surface area contributed by atoms with Crippen LogP contribution in [-0.2, 0) is 11.3 Å². The molecule has 1 spiro atoms. The molecule has 0 radical (unpaired) electrons. The maximum atomic E-state index is 12.9. The number of aromatic amines is 1. The molecule has 1 saturated carbocycles. The van der Waals surface area contributed by atoms with E-state index in [1.54, 1.807) is 7.11 Å². The van der Waals surface area contributed by atoms with Crippen LogP contribution in [0.25, 0.3) is 11.3 Å². The Balaban J connectivity index is 1.18. The van der Waals surface area contributed by atoms with E-state index in [0.29, 0.717) is 5.75 Å². The van der Waals surface area contributed by atoms with Crippen LogP contribution in [0.3, 0.4) is 0 Å². The summed E-state index contributed by atoms with van der Waals surface area (Å²) in [5, 5.41) is 10.5. The highest BCUT2D eigenvalue weighted by Crippen LogP contribution is 2.59. The molecular weight excluding hydrogens is 388 g/mol. The predicted molar refractivity (Wildman–Crippen MR) is 121 cm³/mol. The second-order valence-electron chi connectivity index (χ2n) is 8.72. The van der Waals surface area contributed by atoms with Gasteiger partial charge >= 0.3 is 0 Å².